The van der Waals surface area contributed by atoms with Crippen LogP contribution in [0.5, 0.6) is 0 Å². The summed E-state index contributed by atoms with van der Waals surface area (Å²) in [6.45, 7) is 32.7. The Morgan fingerprint density at radius 1 is 0.269 bits per heavy atom. The van der Waals surface area contributed by atoms with Crippen molar-refractivity contribution < 1.29 is 18.3 Å². The summed E-state index contributed by atoms with van der Waals surface area (Å²) in [7, 11) is 8.47. The van der Waals surface area contributed by atoms with Crippen LogP contribution in [-0.4, -0.2) is 34.9 Å². The van der Waals surface area contributed by atoms with Gasteiger partial charge < -0.3 is 0 Å². The standard InChI is InChI=1S/C27H29N2.C25H25N2.C23H22N3.C22H21N4/c1-17(2)21-10-11-26(28-16-21)23-8-7-9-24-22(23)12-13-29(6)27(24)25-15-18(3)14-19(4)20(25)5;1-16-9-10-24(26-15-16)21-7-6-8-22-20(21)11-12-27(5)25(22)23-14-17(2)13-18(3)19(23)4;1-15-13-16(2)17(3)21(14-15)22-19-7-5-8-20(18(19)9-12-26(22)4)23-24-10-6-11-25-23;1-14-10-15(2)16(3)20(11-14)21-18-6-5-7-19(17(18)8-9-26(21)4)22-24-12-23-13-25-22/h7-17H,1-6H3;6-15H,1-5H3;5-14H,1-4H3;5-13H,1-4H3/q4*+1. The maximum Gasteiger partial charge on any atom is 0.220 e. The molecule has 0 atom stereocenters. The molecule has 16 aromatic rings. The Labute approximate surface area is 636 Å². The minimum absolute atomic E-state index is 0.488. The van der Waals surface area contributed by atoms with Crippen molar-refractivity contribution in [1.82, 2.24) is 34.9 Å². The fourth-order valence-electron chi connectivity index (χ4n) is 15.3. The zero-order chi connectivity index (χ0) is 76.4. The average Bonchev–Trinajstić information content (AvgIpc) is 0.776. The molecule has 11 heteroatoms. The Kier molecular flexibility index (Phi) is 21.6. The Balaban J connectivity index is 0.000000127. The van der Waals surface area contributed by atoms with Crippen molar-refractivity contribution in [2.45, 2.75) is 110 Å². The van der Waals surface area contributed by atoms with Gasteiger partial charge >= 0.3 is 0 Å². The summed E-state index contributed by atoms with van der Waals surface area (Å²) in [5.41, 5.74) is 34.8. The lowest BCUT2D eigenvalue weighted by atomic mass is 9.93. The second-order valence-electron chi connectivity index (χ2n) is 29.6. The number of aryl methyl sites for hydroxylation is 13. The van der Waals surface area contributed by atoms with Crippen LogP contribution in [-0.2, 0) is 28.2 Å². The van der Waals surface area contributed by atoms with E-state index in [4.69, 9.17) is 4.98 Å². The summed E-state index contributed by atoms with van der Waals surface area (Å²) >= 11 is 0. The topological polar surface area (TPSA) is 106 Å². The van der Waals surface area contributed by atoms with Gasteiger partial charge in [0.15, 0.2) is 36.4 Å². The number of fused-ring (bicyclic) bond motifs is 4. The van der Waals surface area contributed by atoms with Crippen molar-refractivity contribution in [3.63, 3.8) is 0 Å². The zero-order valence-electron chi connectivity index (χ0n) is 66.0. The van der Waals surface area contributed by atoms with Gasteiger partial charge in [-0.1, -0.05) is 121 Å². The van der Waals surface area contributed by atoms with Gasteiger partial charge in [0.05, 0.1) is 55.2 Å². The van der Waals surface area contributed by atoms with Crippen molar-refractivity contribution in [3.05, 3.63) is 316 Å². The van der Waals surface area contributed by atoms with E-state index in [2.05, 4.69) is 375 Å². The molecule has 0 unspecified atom stereocenters. The Hall–Kier alpha value is -12.2. The second kappa shape index (κ2) is 31.5. The minimum atomic E-state index is 0.488. The maximum absolute atomic E-state index is 4.78. The molecular weight excluding hydrogens is 1320 g/mol. The molecule has 0 aliphatic rings. The lowest BCUT2D eigenvalue weighted by Gasteiger charge is -2.13. The van der Waals surface area contributed by atoms with E-state index in [0.717, 1.165) is 33.7 Å². The first-order valence-electron chi connectivity index (χ1n) is 37.2. The molecule has 16 rings (SSSR count). The highest BCUT2D eigenvalue weighted by atomic mass is 15.0. The normalized spacial score (nSPS) is 11.2. The van der Waals surface area contributed by atoms with Gasteiger partial charge in [0.25, 0.3) is 0 Å². The van der Waals surface area contributed by atoms with Crippen LogP contribution in [0.2, 0.25) is 0 Å². The summed E-state index contributed by atoms with van der Waals surface area (Å²) in [5.74, 6) is 1.94. The van der Waals surface area contributed by atoms with Crippen LogP contribution in [0.1, 0.15) is 97.7 Å². The summed E-state index contributed by atoms with van der Waals surface area (Å²) < 4.78 is 8.87. The third-order valence-electron chi connectivity index (χ3n) is 21.4. The number of pyridine rings is 6. The van der Waals surface area contributed by atoms with Crippen LogP contribution in [0, 0.1) is 90.0 Å². The largest absolute Gasteiger partial charge is 0.256 e. The van der Waals surface area contributed by atoms with E-state index < -0.39 is 0 Å². The molecule has 8 aromatic heterocycles. The van der Waals surface area contributed by atoms with E-state index in [1.54, 1.807) is 25.0 Å². The number of rotatable bonds is 9. The summed E-state index contributed by atoms with van der Waals surface area (Å²) in [4.78, 5) is 31.0. The van der Waals surface area contributed by atoms with Crippen LogP contribution in [0.25, 0.3) is 133 Å². The van der Waals surface area contributed by atoms with Gasteiger partial charge in [-0.2, -0.15) is 0 Å². The van der Waals surface area contributed by atoms with E-state index in [9.17, 15) is 0 Å². The molecule has 536 valence electrons. The summed E-state index contributed by atoms with van der Waals surface area (Å²) in [5, 5.41) is 9.72. The Morgan fingerprint density at radius 2 is 0.583 bits per heavy atom. The summed E-state index contributed by atoms with van der Waals surface area (Å²) in [6, 6.07) is 63.1. The lowest BCUT2D eigenvalue weighted by Crippen LogP contribution is -2.31. The third-order valence-corrected chi connectivity index (χ3v) is 21.4. The minimum Gasteiger partial charge on any atom is -0.256 e. The van der Waals surface area contributed by atoms with E-state index in [0.29, 0.717) is 11.7 Å². The van der Waals surface area contributed by atoms with E-state index >= 15 is 0 Å². The van der Waals surface area contributed by atoms with Crippen LogP contribution >= 0.6 is 0 Å². The molecule has 0 saturated carbocycles. The number of hydrogen-bond donors (Lipinski definition) is 0. The molecule has 0 amide bonds. The first kappa shape index (κ1) is 74.1. The first-order valence-corrected chi connectivity index (χ1v) is 37.2. The predicted molar refractivity (Wildman–Crippen MR) is 444 cm³/mol. The highest BCUT2D eigenvalue weighted by Crippen LogP contribution is 2.40. The monoisotopic (exact) mass is 1420 g/mol. The van der Waals surface area contributed by atoms with Crippen molar-refractivity contribution >= 4 is 43.1 Å². The molecule has 0 radical (unpaired) electrons. The molecule has 108 heavy (non-hydrogen) atoms. The molecular formula is C97H97N11+4. The second-order valence-corrected chi connectivity index (χ2v) is 29.6. The third kappa shape index (κ3) is 15.0. The molecule has 8 heterocycles. The predicted octanol–water partition coefficient (Wildman–Crippen LogP) is 20.9. The molecule has 11 nitrogen and oxygen atoms in total. The quantitative estimate of drug-likeness (QED) is 0.133. The number of hydrogen-bond acceptors (Lipinski definition) is 7. The van der Waals surface area contributed by atoms with Crippen molar-refractivity contribution in [2.75, 3.05) is 0 Å². The van der Waals surface area contributed by atoms with Crippen LogP contribution in [0.3, 0.4) is 0 Å². The van der Waals surface area contributed by atoms with Crippen molar-refractivity contribution in [2.24, 2.45) is 28.2 Å². The average molecular weight is 1420 g/mol. The smallest absolute Gasteiger partial charge is 0.220 e. The zero-order valence-corrected chi connectivity index (χ0v) is 66.0. The van der Waals surface area contributed by atoms with Gasteiger partial charge in [0.2, 0.25) is 22.8 Å². The SMILES string of the molecule is Cc1cc(C)c(C)c(-c2c3cccc(-c4ccc(C(C)C)cn4)c3cc[n+]2C)c1.Cc1cc(C)c(C)c(-c2c3cccc(-c4ncccn4)c3cc[n+]2C)c1.Cc1cc(C)c(C)c(-c2c3cccc(-c4ncncn4)c3cc[n+]2C)c1.Cc1ccc(-c2cccc3c(-c4cc(C)cc(C)c4C)[n+](C)ccc23)nc1. The molecule has 0 fully saturated rings. The van der Waals surface area contributed by atoms with Gasteiger partial charge in [-0.25, -0.2) is 43.2 Å². The van der Waals surface area contributed by atoms with E-state index in [-0.39, 0.29) is 0 Å². The molecule has 0 spiro atoms. The van der Waals surface area contributed by atoms with Gasteiger partial charge in [0, 0.05) is 92.9 Å². The van der Waals surface area contributed by atoms with Crippen LogP contribution in [0.4, 0.5) is 0 Å². The fourth-order valence-corrected chi connectivity index (χ4v) is 15.3. The number of nitrogens with zero attached hydrogens (tertiary/aromatic N) is 11. The van der Waals surface area contributed by atoms with Crippen molar-refractivity contribution in [1.29, 1.82) is 0 Å². The van der Waals surface area contributed by atoms with Gasteiger partial charge in [-0.05, 0) is 218 Å². The van der Waals surface area contributed by atoms with Crippen LogP contribution in [0.15, 0.2) is 238 Å². The summed E-state index contributed by atoms with van der Waals surface area (Å²) in [6.07, 6.45) is 19.2. The molecule has 0 saturated heterocycles. The van der Waals surface area contributed by atoms with Gasteiger partial charge in [-0.15, -0.1) is 0 Å². The first-order chi connectivity index (χ1) is 51.9. The Bertz CT molecular complexity index is 5900. The number of aromatic nitrogens is 11. The van der Waals surface area contributed by atoms with E-state index in [1.807, 2.05) is 18.5 Å². The van der Waals surface area contributed by atoms with Crippen LogP contribution < -0.4 is 18.3 Å². The highest BCUT2D eigenvalue weighted by Gasteiger charge is 2.26. The lowest BCUT2D eigenvalue weighted by molar-refractivity contribution is -0.659. The van der Waals surface area contributed by atoms with Gasteiger partial charge in [0.1, 0.15) is 40.8 Å². The maximum atomic E-state index is 4.78. The van der Waals surface area contributed by atoms with E-state index in [1.165, 1.54) is 172 Å². The molecule has 0 N–H and O–H groups in total. The van der Waals surface area contributed by atoms with Gasteiger partial charge in [-0.3, -0.25) is 9.97 Å². The fraction of sp³-hybridized carbons (Fsp3) is 0.206. The molecule has 0 aliphatic heterocycles. The molecule has 0 bridgehead atoms. The molecule has 0 aliphatic carbocycles. The highest BCUT2D eigenvalue weighted by molar-refractivity contribution is 6.05. The Morgan fingerprint density at radius 3 is 0.898 bits per heavy atom. The number of benzene rings is 8. The van der Waals surface area contributed by atoms with Crippen molar-refractivity contribution in [3.8, 4) is 90.3 Å². The molecule has 8 aromatic carbocycles.